The fourth-order valence-electron chi connectivity index (χ4n) is 1.36. The number of amides is 1. The van der Waals surface area contributed by atoms with E-state index in [-0.39, 0.29) is 5.91 Å². The molecule has 0 aliphatic heterocycles. The number of carbonyl (C=O) groups excluding carboxylic acids is 1. The zero-order valence-corrected chi connectivity index (χ0v) is 13.3. The molecular weight excluding hydrogens is 310 g/mol. The summed E-state index contributed by atoms with van der Waals surface area (Å²) in [6.07, 6.45) is 0. The Kier molecular flexibility index (Phi) is 5.82. The first-order chi connectivity index (χ1) is 8.84. The molecule has 1 aromatic carbocycles. The summed E-state index contributed by atoms with van der Waals surface area (Å²) in [6, 6.07) is 5.67. The normalized spacial score (nSPS) is 11.2. The molecule has 0 spiro atoms. The van der Waals surface area contributed by atoms with Crippen LogP contribution in [0.2, 0.25) is 0 Å². The molecule has 1 aromatic rings. The first-order valence-electron chi connectivity index (χ1n) is 6.07. The third-order valence-electron chi connectivity index (χ3n) is 2.47. The van der Waals surface area contributed by atoms with Gasteiger partial charge >= 0.3 is 0 Å². The quantitative estimate of drug-likeness (QED) is 0.644. The van der Waals surface area contributed by atoms with Gasteiger partial charge in [0.25, 0.3) is 0 Å². The summed E-state index contributed by atoms with van der Waals surface area (Å²) in [4.78, 5) is 12.0. The van der Waals surface area contributed by atoms with E-state index < -0.39 is 4.32 Å². The highest BCUT2D eigenvalue weighted by molar-refractivity contribution is 9.10. The summed E-state index contributed by atoms with van der Waals surface area (Å²) in [6.45, 7) is 6.51. The Balaban J connectivity index is 2.84. The number of nitrogens with one attached hydrogen (secondary N) is 1. The van der Waals surface area contributed by atoms with Gasteiger partial charge in [0.15, 0.2) is 0 Å². The number of ether oxygens (including phenoxy) is 2. The smallest absolute Gasteiger partial charge is 0.240 e. The number of alkyl halides is 1. The zero-order valence-electron chi connectivity index (χ0n) is 11.7. The molecule has 0 radical (unpaired) electrons. The molecule has 106 valence electrons. The third-order valence-corrected chi connectivity index (χ3v) is 2.83. The summed E-state index contributed by atoms with van der Waals surface area (Å²) in [5.41, 5.74) is 1.74. The van der Waals surface area contributed by atoms with E-state index in [0.717, 1.165) is 5.56 Å². The Hall–Kier alpha value is -1.07. The predicted molar refractivity (Wildman–Crippen MR) is 80.2 cm³/mol. The number of halogens is 1. The van der Waals surface area contributed by atoms with E-state index in [4.69, 9.17) is 9.47 Å². The van der Waals surface area contributed by atoms with Gasteiger partial charge in [-0.2, -0.15) is 0 Å². The van der Waals surface area contributed by atoms with E-state index in [1.807, 2.05) is 25.1 Å². The monoisotopic (exact) mass is 329 g/mol. The molecule has 0 saturated heterocycles. The highest BCUT2D eigenvalue weighted by Crippen LogP contribution is 2.28. The molecule has 0 bridgehead atoms. The molecule has 0 aromatic heterocycles. The second-order valence-corrected chi connectivity index (χ2v) is 6.75. The lowest BCUT2D eigenvalue weighted by atomic mass is 10.1. The average Bonchev–Trinajstić information content (AvgIpc) is 2.31. The number of rotatable bonds is 6. The Morgan fingerprint density at radius 3 is 2.63 bits per heavy atom. The van der Waals surface area contributed by atoms with Crippen LogP contribution in [0.3, 0.4) is 0 Å². The van der Waals surface area contributed by atoms with Gasteiger partial charge in [0.2, 0.25) is 5.91 Å². The first-order valence-corrected chi connectivity index (χ1v) is 6.86. The molecule has 0 heterocycles. The first kappa shape index (κ1) is 16.0. The van der Waals surface area contributed by atoms with E-state index in [9.17, 15) is 4.79 Å². The fraction of sp³-hybridized carbons (Fsp3) is 0.500. The van der Waals surface area contributed by atoms with Gasteiger partial charge in [-0.1, -0.05) is 22.0 Å². The molecule has 0 saturated carbocycles. The average molecular weight is 330 g/mol. The molecular formula is C14H20BrNO3. The van der Waals surface area contributed by atoms with Gasteiger partial charge in [0.05, 0.1) is 16.6 Å². The number of anilines is 1. The van der Waals surface area contributed by atoms with Crippen LogP contribution in [0, 0.1) is 6.92 Å². The molecule has 0 fully saturated rings. The predicted octanol–water partition coefficient (Wildman–Crippen LogP) is 3.13. The topological polar surface area (TPSA) is 47.6 Å². The van der Waals surface area contributed by atoms with Gasteiger partial charge in [-0.25, -0.2) is 0 Å². The van der Waals surface area contributed by atoms with Gasteiger partial charge in [0, 0.05) is 7.11 Å². The van der Waals surface area contributed by atoms with Crippen LogP contribution in [-0.4, -0.2) is 30.6 Å². The molecule has 0 aliphatic carbocycles. The van der Waals surface area contributed by atoms with Gasteiger partial charge in [-0.05, 0) is 38.5 Å². The number of benzene rings is 1. The standard InChI is InChI=1S/C14H20BrNO3/c1-10-5-6-11(16-13(17)14(2,3)15)12(9-10)19-8-7-18-4/h5-6,9H,7-8H2,1-4H3,(H,16,17). The highest BCUT2D eigenvalue weighted by Gasteiger charge is 2.24. The van der Waals surface area contributed by atoms with Crippen molar-refractivity contribution >= 4 is 27.5 Å². The lowest BCUT2D eigenvalue weighted by Crippen LogP contribution is -2.31. The van der Waals surface area contributed by atoms with Crippen molar-refractivity contribution in [3.05, 3.63) is 23.8 Å². The van der Waals surface area contributed by atoms with Crippen molar-refractivity contribution in [1.29, 1.82) is 0 Å². The minimum Gasteiger partial charge on any atom is -0.489 e. The maximum absolute atomic E-state index is 12.0. The molecule has 1 rings (SSSR count). The number of hydrogen-bond donors (Lipinski definition) is 1. The van der Waals surface area contributed by atoms with Crippen molar-refractivity contribution in [3.8, 4) is 5.75 Å². The summed E-state index contributed by atoms with van der Waals surface area (Å²) < 4.78 is 9.94. The van der Waals surface area contributed by atoms with Crippen LogP contribution in [0.1, 0.15) is 19.4 Å². The van der Waals surface area contributed by atoms with Crippen molar-refractivity contribution < 1.29 is 14.3 Å². The van der Waals surface area contributed by atoms with Gasteiger partial charge < -0.3 is 14.8 Å². The number of aryl methyl sites for hydroxylation is 1. The molecule has 5 heteroatoms. The summed E-state index contributed by atoms with van der Waals surface area (Å²) in [5.74, 6) is 0.537. The van der Waals surface area contributed by atoms with Crippen LogP contribution in [0.5, 0.6) is 5.75 Å². The second kappa shape index (κ2) is 6.91. The Morgan fingerprint density at radius 2 is 2.05 bits per heavy atom. The van der Waals surface area contributed by atoms with Gasteiger partial charge in [-0.15, -0.1) is 0 Å². The molecule has 0 unspecified atom stereocenters. The van der Waals surface area contributed by atoms with Crippen LogP contribution < -0.4 is 10.1 Å². The van der Waals surface area contributed by atoms with Crippen molar-refractivity contribution in [2.45, 2.75) is 25.1 Å². The van der Waals surface area contributed by atoms with Crippen molar-refractivity contribution in [1.82, 2.24) is 0 Å². The maximum Gasteiger partial charge on any atom is 0.240 e. The summed E-state index contributed by atoms with van der Waals surface area (Å²) in [7, 11) is 1.62. The van der Waals surface area contributed by atoms with Crippen molar-refractivity contribution in [3.63, 3.8) is 0 Å². The second-order valence-electron chi connectivity index (χ2n) is 4.77. The highest BCUT2D eigenvalue weighted by atomic mass is 79.9. The maximum atomic E-state index is 12.0. The lowest BCUT2D eigenvalue weighted by molar-refractivity contribution is -0.117. The Bertz CT molecular complexity index is 441. The number of carbonyl (C=O) groups is 1. The van der Waals surface area contributed by atoms with Crippen LogP contribution in [0.15, 0.2) is 18.2 Å². The van der Waals surface area contributed by atoms with Gasteiger partial charge in [0.1, 0.15) is 12.4 Å². The molecule has 0 atom stereocenters. The Labute approximate surface area is 122 Å². The van der Waals surface area contributed by atoms with Crippen LogP contribution >= 0.6 is 15.9 Å². The van der Waals surface area contributed by atoms with Crippen molar-refractivity contribution in [2.75, 3.05) is 25.6 Å². The fourth-order valence-corrected chi connectivity index (χ4v) is 1.46. The molecule has 19 heavy (non-hydrogen) atoms. The molecule has 0 aliphatic rings. The lowest BCUT2D eigenvalue weighted by Gasteiger charge is -2.18. The molecule has 1 amide bonds. The van der Waals surface area contributed by atoms with Crippen LogP contribution in [0.25, 0.3) is 0 Å². The van der Waals surface area contributed by atoms with E-state index in [0.29, 0.717) is 24.7 Å². The van der Waals surface area contributed by atoms with E-state index in [1.54, 1.807) is 21.0 Å². The number of hydrogen-bond acceptors (Lipinski definition) is 3. The van der Waals surface area contributed by atoms with Crippen molar-refractivity contribution in [2.24, 2.45) is 0 Å². The summed E-state index contributed by atoms with van der Waals surface area (Å²) >= 11 is 3.33. The van der Waals surface area contributed by atoms with E-state index in [1.165, 1.54) is 0 Å². The molecule has 4 nitrogen and oxygen atoms in total. The number of methoxy groups -OCH3 is 1. The Morgan fingerprint density at radius 1 is 1.37 bits per heavy atom. The minimum absolute atomic E-state index is 0.118. The van der Waals surface area contributed by atoms with E-state index in [2.05, 4.69) is 21.2 Å². The third kappa shape index (κ3) is 5.20. The van der Waals surface area contributed by atoms with Gasteiger partial charge in [-0.3, -0.25) is 4.79 Å². The van der Waals surface area contributed by atoms with E-state index >= 15 is 0 Å². The van der Waals surface area contributed by atoms with Crippen LogP contribution in [0.4, 0.5) is 5.69 Å². The summed E-state index contributed by atoms with van der Waals surface area (Å²) in [5, 5.41) is 2.85. The largest absolute Gasteiger partial charge is 0.489 e. The molecule has 1 N–H and O–H groups in total. The zero-order chi connectivity index (χ0) is 14.5. The van der Waals surface area contributed by atoms with Crippen LogP contribution in [-0.2, 0) is 9.53 Å². The SMILES string of the molecule is COCCOc1cc(C)ccc1NC(=O)C(C)(C)Br. The minimum atomic E-state index is -0.623.